The molecule has 2 heteroatoms. The van der Waals surface area contributed by atoms with Gasteiger partial charge in [-0.3, -0.25) is 0 Å². The number of hydrogen-bond donors (Lipinski definition) is 1. The molecule has 0 amide bonds. The molecule has 0 aromatic rings. The van der Waals surface area contributed by atoms with Gasteiger partial charge >= 0.3 is 0 Å². The van der Waals surface area contributed by atoms with Crippen molar-refractivity contribution in [1.29, 1.82) is 0 Å². The Kier molecular flexibility index (Phi) is 1.84. The van der Waals surface area contributed by atoms with E-state index in [1.165, 1.54) is 0 Å². The van der Waals surface area contributed by atoms with Gasteiger partial charge in [-0.05, 0) is 26.3 Å². The molecule has 1 nitrogen and oxygen atoms in total. The lowest BCUT2D eigenvalue weighted by Gasteiger charge is -2.09. The maximum absolute atomic E-state index is 12.3. The fourth-order valence-corrected chi connectivity index (χ4v) is 1.10. The lowest BCUT2D eigenvalue weighted by Crippen LogP contribution is -2.29. The molecule has 0 aromatic carbocycles. The van der Waals surface area contributed by atoms with E-state index in [9.17, 15) is 4.39 Å². The number of nitrogens with one attached hydrogen (secondary N) is 1. The Morgan fingerprint density at radius 1 is 1.75 bits per heavy atom. The fraction of sp³-hybridized carbons (Fsp3) is 1.00. The molecule has 0 aliphatic carbocycles. The van der Waals surface area contributed by atoms with Crippen LogP contribution in [0, 0.1) is 0 Å². The van der Waals surface area contributed by atoms with Gasteiger partial charge in [-0.15, -0.1) is 0 Å². The van der Waals surface area contributed by atoms with Crippen LogP contribution in [0.2, 0.25) is 0 Å². The molecule has 1 aliphatic rings. The summed E-state index contributed by atoms with van der Waals surface area (Å²) in [6.45, 7) is 2.61. The van der Waals surface area contributed by atoms with Crippen LogP contribution >= 0.6 is 0 Å². The topological polar surface area (TPSA) is 12.0 Å². The summed E-state index contributed by atoms with van der Waals surface area (Å²) in [5, 5.41) is 3.08. The Hall–Kier alpha value is -0.110. The van der Waals surface area contributed by atoms with Crippen molar-refractivity contribution in [2.24, 2.45) is 0 Å². The van der Waals surface area contributed by atoms with Gasteiger partial charge in [0.05, 0.1) is 0 Å². The number of alkyl halides is 1. The third-order valence-corrected chi connectivity index (χ3v) is 1.65. The Morgan fingerprint density at radius 3 is 2.75 bits per heavy atom. The molecule has 0 bridgehead atoms. The average Bonchev–Trinajstić information content (AvgIpc) is 2.12. The first-order valence-corrected chi connectivity index (χ1v) is 3.18. The van der Waals surface area contributed by atoms with E-state index in [1.807, 2.05) is 0 Å². The van der Waals surface area contributed by atoms with Crippen LogP contribution in [0.4, 0.5) is 4.39 Å². The first kappa shape index (κ1) is 6.02. The van der Waals surface area contributed by atoms with E-state index in [1.54, 1.807) is 6.92 Å². The Labute approximate surface area is 49.3 Å². The second-order valence-electron chi connectivity index (χ2n) is 2.38. The van der Waals surface area contributed by atoms with Gasteiger partial charge in [-0.25, -0.2) is 4.39 Å². The first-order chi connectivity index (χ1) is 3.80. The SMILES string of the molecule is C[C@@H](F)[C@@H]1CCCN1. The van der Waals surface area contributed by atoms with Gasteiger partial charge in [0.1, 0.15) is 6.17 Å². The Balaban J connectivity index is 2.24. The molecule has 0 spiro atoms. The van der Waals surface area contributed by atoms with Crippen LogP contribution in [0.5, 0.6) is 0 Å². The summed E-state index contributed by atoms with van der Waals surface area (Å²) in [7, 11) is 0. The first-order valence-electron chi connectivity index (χ1n) is 3.18. The van der Waals surface area contributed by atoms with Crippen molar-refractivity contribution < 1.29 is 4.39 Å². The summed E-state index contributed by atoms with van der Waals surface area (Å²) in [4.78, 5) is 0. The zero-order chi connectivity index (χ0) is 5.98. The molecule has 8 heavy (non-hydrogen) atoms. The maximum atomic E-state index is 12.3. The number of halogens is 1. The minimum Gasteiger partial charge on any atom is -0.311 e. The highest BCUT2D eigenvalue weighted by atomic mass is 19.1. The molecule has 1 N–H and O–H groups in total. The van der Waals surface area contributed by atoms with Gasteiger partial charge in [-0.2, -0.15) is 0 Å². The van der Waals surface area contributed by atoms with Crippen molar-refractivity contribution >= 4 is 0 Å². The van der Waals surface area contributed by atoms with E-state index in [-0.39, 0.29) is 6.04 Å². The lowest BCUT2D eigenvalue weighted by atomic mass is 10.1. The molecule has 0 saturated carbocycles. The number of rotatable bonds is 1. The standard InChI is InChI=1S/C6H12FN/c1-5(7)6-3-2-4-8-6/h5-6,8H,2-4H2,1H3/t5-,6+/m1/s1. The van der Waals surface area contributed by atoms with Crippen LogP contribution in [0.3, 0.4) is 0 Å². The molecule has 1 fully saturated rings. The second kappa shape index (κ2) is 2.44. The monoisotopic (exact) mass is 117 g/mol. The van der Waals surface area contributed by atoms with Crippen molar-refractivity contribution in [2.45, 2.75) is 32.0 Å². The van der Waals surface area contributed by atoms with Crippen molar-refractivity contribution in [3.63, 3.8) is 0 Å². The van der Waals surface area contributed by atoms with Crippen LogP contribution in [-0.2, 0) is 0 Å². The van der Waals surface area contributed by atoms with E-state index in [4.69, 9.17) is 0 Å². The maximum Gasteiger partial charge on any atom is 0.113 e. The predicted octanol–water partition coefficient (Wildman–Crippen LogP) is 1.10. The van der Waals surface area contributed by atoms with Gasteiger partial charge in [0.2, 0.25) is 0 Å². The highest BCUT2D eigenvalue weighted by Crippen LogP contribution is 2.10. The molecule has 1 aliphatic heterocycles. The van der Waals surface area contributed by atoms with Crippen molar-refractivity contribution in [1.82, 2.24) is 5.32 Å². The smallest absolute Gasteiger partial charge is 0.113 e. The van der Waals surface area contributed by atoms with Crippen LogP contribution in [0.25, 0.3) is 0 Å². The molecule has 1 rings (SSSR count). The van der Waals surface area contributed by atoms with Crippen molar-refractivity contribution in [3.8, 4) is 0 Å². The van der Waals surface area contributed by atoms with Crippen LogP contribution in [0.15, 0.2) is 0 Å². The van der Waals surface area contributed by atoms with Gasteiger partial charge in [-0.1, -0.05) is 0 Å². The molecule has 48 valence electrons. The third-order valence-electron chi connectivity index (χ3n) is 1.65. The summed E-state index contributed by atoms with van der Waals surface area (Å²) >= 11 is 0. The van der Waals surface area contributed by atoms with E-state index < -0.39 is 6.17 Å². The summed E-state index contributed by atoms with van der Waals surface area (Å²) in [5.41, 5.74) is 0. The van der Waals surface area contributed by atoms with Crippen molar-refractivity contribution in [3.05, 3.63) is 0 Å². The van der Waals surface area contributed by atoms with Crippen LogP contribution in [0.1, 0.15) is 19.8 Å². The van der Waals surface area contributed by atoms with E-state index >= 15 is 0 Å². The molecule has 0 aromatic heterocycles. The molecular formula is C6H12FN. The quantitative estimate of drug-likeness (QED) is 0.542. The van der Waals surface area contributed by atoms with Gasteiger partial charge in [0.15, 0.2) is 0 Å². The molecule has 1 saturated heterocycles. The highest BCUT2D eigenvalue weighted by molar-refractivity contribution is 4.78. The second-order valence-corrected chi connectivity index (χ2v) is 2.38. The van der Waals surface area contributed by atoms with Gasteiger partial charge < -0.3 is 5.32 Å². The number of hydrogen-bond acceptors (Lipinski definition) is 1. The van der Waals surface area contributed by atoms with Crippen molar-refractivity contribution in [2.75, 3.05) is 6.54 Å². The molecule has 0 radical (unpaired) electrons. The van der Waals surface area contributed by atoms with E-state index in [0.29, 0.717) is 0 Å². The Bertz CT molecular complexity index is 66.9. The largest absolute Gasteiger partial charge is 0.311 e. The van der Waals surface area contributed by atoms with E-state index in [0.717, 1.165) is 19.4 Å². The zero-order valence-corrected chi connectivity index (χ0v) is 5.15. The van der Waals surface area contributed by atoms with Gasteiger partial charge in [0, 0.05) is 6.04 Å². The molecule has 2 atom stereocenters. The van der Waals surface area contributed by atoms with E-state index in [2.05, 4.69) is 5.32 Å². The molecule has 1 heterocycles. The fourth-order valence-electron chi connectivity index (χ4n) is 1.10. The van der Waals surface area contributed by atoms with Gasteiger partial charge in [0.25, 0.3) is 0 Å². The summed E-state index contributed by atoms with van der Waals surface area (Å²) in [6.07, 6.45) is 1.48. The minimum absolute atomic E-state index is 0.148. The highest BCUT2D eigenvalue weighted by Gasteiger charge is 2.19. The van der Waals surface area contributed by atoms with Crippen LogP contribution < -0.4 is 5.32 Å². The lowest BCUT2D eigenvalue weighted by molar-refractivity contribution is 0.288. The zero-order valence-electron chi connectivity index (χ0n) is 5.15. The summed E-state index contributed by atoms with van der Waals surface area (Å²) < 4.78 is 12.3. The summed E-state index contributed by atoms with van der Waals surface area (Å²) in [5.74, 6) is 0. The minimum atomic E-state index is -0.669. The molecular weight excluding hydrogens is 105 g/mol. The molecule has 0 unspecified atom stereocenters. The predicted molar refractivity (Wildman–Crippen MR) is 31.6 cm³/mol. The normalized spacial score (nSPS) is 33.0. The van der Waals surface area contributed by atoms with Crippen LogP contribution in [-0.4, -0.2) is 18.8 Å². The average molecular weight is 117 g/mol. The Morgan fingerprint density at radius 2 is 2.50 bits per heavy atom. The summed E-state index contributed by atoms with van der Waals surface area (Å²) in [6, 6.07) is 0.148. The third kappa shape index (κ3) is 1.19.